The highest BCUT2D eigenvalue weighted by Gasteiger charge is 2.12. The van der Waals surface area contributed by atoms with Gasteiger partial charge < -0.3 is 18.9 Å². The maximum absolute atomic E-state index is 10.0. The number of carbonyl (C=O) groups excluding carboxylic acids is 1. The monoisotopic (exact) mass is 254 g/mol. The van der Waals surface area contributed by atoms with Crippen molar-refractivity contribution in [2.75, 3.05) is 27.9 Å². The molecule has 0 bridgehead atoms. The van der Waals surface area contributed by atoms with Crippen LogP contribution in [0.2, 0.25) is 0 Å². The van der Waals surface area contributed by atoms with Gasteiger partial charge in [-0.1, -0.05) is 0 Å². The minimum absolute atomic E-state index is 0.403. The third-order valence-electron chi connectivity index (χ3n) is 2.52. The summed E-state index contributed by atoms with van der Waals surface area (Å²) in [6.07, 6.45) is 1.52. The van der Waals surface area contributed by atoms with Gasteiger partial charge in [-0.2, -0.15) is 0 Å². The van der Waals surface area contributed by atoms with Gasteiger partial charge in [-0.15, -0.1) is 0 Å². The quantitative estimate of drug-likeness (QED) is 0.523. The Hall–Kier alpha value is -1.91. The number of rotatable bonds is 8. The van der Waals surface area contributed by atoms with E-state index >= 15 is 0 Å². The minimum Gasteiger partial charge on any atom is -0.493 e. The Labute approximate surface area is 107 Å². The Balaban J connectivity index is 2.82. The van der Waals surface area contributed by atoms with Gasteiger partial charge >= 0.3 is 0 Å². The molecule has 18 heavy (non-hydrogen) atoms. The van der Waals surface area contributed by atoms with Crippen LogP contribution in [0.1, 0.15) is 12.0 Å². The first-order valence-electron chi connectivity index (χ1n) is 5.61. The van der Waals surface area contributed by atoms with Crippen molar-refractivity contribution < 1.29 is 23.7 Å². The number of ether oxygens (including phenoxy) is 4. The van der Waals surface area contributed by atoms with Crippen LogP contribution in [0.15, 0.2) is 12.1 Å². The van der Waals surface area contributed by atoms with Gasteiger partial charge in [-0.05, 0) is 30.5 Å². The molecule has 0 N–H and O–H groups in total. The molecule has 5 nitrogen and oxygen atoms in total. The predicted octanol–water partition coefficient (Wildman–Crippen LogP) is 1.82. The molecule has 0 heterocycles. The highest BCUT2D eigenvalue weighted by Crippen LogP contribution is 2.38. The number of benzene rings is 1. The van der Waals surface area contributed by atoms with Gasteiger partial charge in [-0.3, -0.25) is 4.79 Å². The molecule has 0 fully saturated rings. The van der Waals surface area contributed by atoms with E-state index in [1.807, 2.05) is 12.1 Å². The second kappa shape index (κ2) is 7.42. The summed E-state index contributed by atoms with van der Waals surface area (Å²) < 4.78 is 20.4. The van der Waals surface area contributed by atoms with E-state index in [4.69, 9.17) is 14.2 Å². The zero-order chi connectivity index (χ0) is 13.4. The van der Waals surface area contributed by atoms with E-state index in [0.717, 1.165) is 18.4 Å². The van der Waals surface area contributed by atoms with E-state index in [-0.39, 0.29) is 0 Å². The standard InChI is InChI=1S/C13H18O5/c1-15-11-7-10(5-4-6-18-9-14)8-12(16-2)13(11)17-3/h7-9H,4-6H2,1-3H3. The Morgan fingerprint density at radius 3 is 2.11 bits per heavy atom. The van der Waals surface area contributed by atoms with Gasteiger partial charge in [0.15, 0.2) is 11.5 Å². The van der Waals surface area contributed by atoms with Crippen molar-refractivity contribution in [3.05, 3.63) is 17.7 Å². The van der Waals surface area contributed by atoms with Gasteiger partial charge in [0.1, 0.15) is 0 Å². The molecule has 0 aliphatic rings. The van der Waals surface area contributed by atoms with E-state index in [1.165, 1.54) is 0 Å². The molecule has 5 heteroatoms. The summed E-state index contributed by atoms with van der Waals surface area (Å²) in [4.78, 5) is 10.0. The average molecular weight is 254 g/mol. The number of methoxy groups -OCH3 is 3. The van der Waals surface area contributed by atoms with E-state index in [2.05, 4.69) is 4.74 Å². The van der Waals surface area contributed by atoms with Crippen LogP contribution in [-0.2, 0) is 16.0 Å². The lowest BCUT2D eigenvalue weighted by Crippen LogP contribution is -1.99. The molecule has 0 aliphatic heterocycles. The normalized spacial score (nSPS) is 9.72. The van der Waals surface area contributed by atoms with Crippen LogP contribution in [0.4, 0.5) is 0 Å². The molecular weight excluding hydrogens is 236 g/mol. The van der Waals surface area contributed by atoms with Crippen LogP contribution in [-0.4, -0.2) is 34.4 Å². The van der Waals surface area contributed by atoms with Crippen LogP contribution >= 0.6 is 0 Å². The Morgan fingerprint density at radius 2 is 1.67 bits per heavy atom. The number of carbonyl (C=O) groups is 1. The van der Waals surface area contributed by atoms with Crippen molar-refractivity contribution in [2.45, 2.75) is 12.8 Å². The first-order chi connectivity index (χ1) is 8.76. The molecule has 0 aromatic heterocycles. The molecule has 0 spiro atoms. The molecule has 1 aromatic rings. The Morgan fingerprint density at radius 1 is 1.06 bits per heavy atom. The smallest absolute Gasteiger partial charge is 0.293 e. The first-order valence-corrected chi connectivity index (χ1v) is 5.61. The molecule has 0 saturated carbocycles. The molecule has 100 valence electrons. The Kier molecular flexibility index (Phi) is 5.84. The van der Waals surface area contributed by atoms with Crippen LogP contribution in [0, 0.1) is 0 Å². The average Bonchev–Trinajstić information content (AvgIpc) is 2.42. The zero-order valence-electron chi connectivity index (χ0n) is 10.9. The predicted molar refractivity (Wildman–Crippen MR) is 66.4 cm³/mol. The molecule has 0 aliphatic carbocycles. The van der Waals surface area contributed by atoms with Crippen molar-refractivity contribution in [1.82, 2.24) is 0 Å². The lowest BCUT2D eigenvalue weighted by Gasteiger charge is -2.14. The largest absolute Gasteiger partial charge is 0.493 e. The number of aryl methyl sites for hydroxylation is 1. The SMILES string of the molecule is COc1cc(CCCOC=O)cc(OC)c1OC. The van der Waals surface area contributed by atoms with Crippen molar-refractivity contribution in [2.24, 2.45) is 0 Å². The van der Waals surface area contributed by atoms with Gasteiger partial charge in [0.2, 0.25) is 5.75 Å². The second-order valence-electron chi connectivity index (χ2n) is 3.60. The highest BCUT2D eigenvalue weighted by atomic mass is 16.5. The van der Waals surface area contributed by atoms with Gasteiger partial charge in [0, 0.05) is 0 Å². The van der Waals surface area contributed by atoms with E-state index in [9.17, 15) is 4.79 Å². The summed E-state index contributed by atoms with van der Waals surface area (Å²) in [6, 6.07) is 3.78. The Bertz CT molecular complexity index is 364. The molecule has 0 unspecified atom stereocenters. The molecule has 0 saturated heterocycles. The lowest BCUT2D eigenvalue weighted by atomic mass is 10.1. The van der Waals surface area contributed by atoms with Gasteiger partial charge in [0.25, 0.3) is 6.47 Å². The van der Waals surface area contributed by atoms with E-state index in [0.29, 0.717) is 30.3 Å². The van der Waals surface area contributed by atoms with Crippen molar-refractivity contribution >= 4 is 6.47 Å². The molecule has 0 amide bonds. The third kappa shape index (κ3) is 3.55. The number of hydrogen-bond donors (Lipinski definition) is 0. The van der Waals surface area contributed by atoms with Crippen LogP contribution in [0.3, 0.4) is 0 Å². The first kappa shape index (κ1) is 14.2. The summed E-state index contributed by atoms with van der Waals surface area (Å²) in [6.45, 7) is 0.856. The summed E-state index contributed by atoms with van der Waals surface area (Å²) in [5, 5.41) is 0. The van der Waals surface area contributed by atoms with Crippen molar-refractivity contribution in [3.8, 4) is 17.2 Å². The highest BCUT2D eigenvalue weighted by molar-refractivity contribution is 5.53. The minimum atomic E-state index is 0.403. The number of hydrogen-bond acceptors (Lipinski definition) is 5. The van der Waals surface area contributed by atoms with Crippen molar-refractivity contribution in [3.63, 3.8) is 0 Å². The molecular formula is C13H18O5. The maximum atomic E-state index is 10.0. The van der Waals surface area contributed by atoms with E-state index < -0.39 is 0 Å². The van der Waals surface area contributed by atoms with Crippen LogP contribution < -0.4 is 14.2 Å². The summed E-state index contributed by atoms with van der Waals surface area (Å²) >= 11 is 0. The lowest BCUT2D eigenvalue weighted by molar-refractivity contribution is -0.128. The molecule has 0 radical (unpaired) electrons. The van der Waals surface area contributed by atoms with Crippen molar-refractivity contribution in [1.29, 1.82) is 0 Å². The summed E-state index contributed by atoms with van der Waals surface area (Å²) in [7, 11) is 4.73. The molecule has 1 aromatic carbocycles. The topological polar surface area (TPSA) is 54.0 Å². The fourth-order valence-corrected chi connectivity index (χ4v) is 1.69. The van der Waals surface area contributed by atoms with E-state index in [1.54, 1.807) is 21.3 Å². The van der Waals surface area contributed by atoms with Gasteiger partial charge in [-0.25, -0.2) is 0 Å². The fourth-order valence-electron chi connectivity index (χ4n) is 1.69. The fraction of sp³-hybridized carbons (Fsp3) is 0.462. The molecule has 0 atom stereocenters. The third-order valence-corrected chi connectivity index (χ3v) is 2.52. The summed E-state index contributed by atoms with van der Waals surface area (Å²) in [5.74, 6) is 1.83. The zero-order valence-corrected chi connectivity index (χ0v) is 10.9. The van der Waals surface area contributed by atoms with Crippen LogP contribution in [0.25, 0.3) is 0 Å². The van der Waals surface area contributed by atoms with Gasteiger partial charge in [0.05, 0.1) is 27.9 Å². The molecule has 1 rings (SSSR count). The summed E-state index contributed by atoms with van der Waals surface area (Å²) in [5.41, 5.74) is 1.04. The maximum Gasteiger partial charge on any atom is 0.293 e. The van der Waals surface area contributed by atoms with Crippen LogP contribution in [0.5, 0.6) is 17.2 Å². The second-order valence-corrected chi connectivity index (χ2v) is 3.60.